The summed E-state index contributed by atoms with van der Waals surface area (Å²) in [5.74, 6) is 0.388. The van der Waals surface area contributed by atoms with Gasteiger partial charge >= 0.3 is 0 Å². The molecule has 7 heteroatoms. The first-order chi connectivity index (χ1) is 12.4. The Morgan fingerprint density at radius 1 is 1.38 bits per heavy atom. The van der Waals surface area contributed by atoms with E-state index < -0.39 is 0 Å². The first-order valence-corrected chi connectivity index (χ1v) is 9.99. The topological polar surface area (TPSA) is 52.0 Å². The van der Waals surface area contributed by atoms with Gasteiger partial charge < -0.3 is 0 Å². The highest BCUT2D eigenvalue weighted by Crippen LogP contribution is 2.35. The highest BCUT2D eigenvalue weighted by atomic mass is 35.5. The zero-order chi connectivity index (χ0) is 18.4. The van der Waals surface area contributed by atoms with Crippen molar-refractivity contribution in [2.45, 2.75) is 32.7 Å². The van der Waals surface area contributed by atoms with Gasteiger partial charge in [0.05, 0.1) is 23.3 Å². The lowest BCUT2D eigenvalue weighted by Gasteiger charge is -2.17. The summed E-state index contributed by atoms with van der Waals surface area (Å²) in [6.45, 7) is 2.14. The number of halogens is 2. The van der Waals surface area contributed by atoms with Crippen molar-refractivity contribution in [3.8, 4) is 0 Å². The fourth-order valence-corrected chi connectivity index (χ4v) is 5.29. The van der Waals surface area contributed by atoms with Gasteiger partial charge in [-0.3, -0.25) is 14.2 Å². The number of hydrogen-bond acceptors (Lipinski definition) is 4. The Labute approximate surface area is 164 Å². The van der Waals surface area contributed by atoms with E-state index in [4.69, 9.17) is 23.2 Å². The van der Waals surface area contributed by atoms with Crippen molar-refractivity contribution in [2.24, 2.45) is 5.92 Å². The number of thiophene rings is 1. The van der Waals surface area contributed by atoms with E-state index in [0.29, 0.717) is 21.9 Å². The molecular formula is C19H16Cl2N2O2S. The fraction of sp³-hybridized carbons (Fsp3) is 0.316. The summed E-state index contributed by atoms with van der Waals surface area (Å²) in [6, 6.07) is 4.72. The molecule has 0 saturated heterocycles. The van der Waals surface area contributed by atoms with Crippen LogP contribution in [0.4, 0.5) is 0 Å². The van der Waals surface area contributed by atoms with E-state index in [1.54, 1.807) is 23.5 Å². The highest BCUT2D eigenvalue weighted by Gasteiger charge is 2.23. The third-order valence-electron chi connectivity index (χ3n) is 4.83. The Hall–Kier alpha value is -1.69. The number of Topliss-reactive ketones (excluding diaryl/α,β-unsaturated/α-hetero) is 1. The number of rotatable bonds is 3. The number of aromatic nitrogens is 2. The molecule has 3 aromatic rings. The van der Waals surface area contributed by atoms with Gasteiger partial charge in [0, 0.05) is 15.5 Å². The molecule has 0 radical (unpaired) electrons. The van der Waals surface area contributed by atoms with Crippen LogP contribution in [0.25, 0.3) is 10.2 Å². The van der Waals surface area contributed by atoms with E-state index in [0.717, 1.165) is 29.7 Å². The lowest BCUT2D eigenvalue weighted by Crippen LogP contribution is -2.25. The molecule has 1 aliphatic carbocycles. The predicted octanol–water partition coefficient (Wildman–Crippen LogP) is 4.77. The molecular weight excluding hydrogens is 391 g/mol. The number of aryl methyl sites for hydroxylation is 1. The minimum Gasteiger partial charge on any atom is -0.292 e. The molecule has 0 saturated carbocycles. The third-order valence-corrected chi connectivity index (χ3v) is 6.54. The molecule has 2 aromatic heterocycles. The second kappa shape index (κ2) is 6.80. The molecule has 4 rings (SSSR count). The minimum atomic E-state index is -0.243. The van der Waals surface area contributed by atoms with Crippen molar-refractivity contribution in [1.82, 2.24) is 9.55 Å². The molecule has 0 amide bonds. The Balaban J connectivity index is 1.72. The van der Waals surface area contributed by atoms with Crippen LogP contribution in [0.15, 0.2) is 29.3 Å². The summed E-state index contributed by atoms with van der Waals surface area (Å²) >= 11 is 13.6. The number of fused-ring (bicyclic) bond motifs is 3. The van der Waals surface area contributed by atoms with Crippen molar-refractivity contribution in [3.63, 3.8) is 0 Å². The number of ketones is 1. The Bertz CT molecular complexity index is 1090. The minimum absolute atomic E-state index is 0.0931. The molecule has 0 N–H and O–H groups in total. The maximum absolute atomic E-state index is 13.0. The van der Waals surface area contributed by atoms with Crippen LogP contribution in [0.2, 0.25) is 10.0 Å². The molecule has 0 unspecified atom stereocenters. The number of carbonyl (C=O) groups is 1. The summed E-state index contributed by atoms with van der Waals surface area (Å²) < 4.78 is 1.38. The quantitative estimate of drug-likeness (QED) is 0.588. The number of benzene rings is 1. The van der Waals surface area contributed by atoms with Crippen molar-refractivity contribution in [3.05, 3.63) is 60.9 Å². The normalized spacial score (nSPS) is 16.7. The van der Waals surface area contributed by atoms with Gasteiger partial charge in [-0.2, -0.15) is 0 Å². The fourth-order valence-electron chi connectivity index (χ4n) is 3.43. The smallest absolute Gasteiger partial charge is 0.262 e. The van der Waals surface area contributed by atoms with Gasteiger partial charge in [0.1, 0.15) is 4.83 Å². The van der Waals surface area contributed by atoms with E-state index in [-0.39, 0.29) is 22.9 Å². The molecule has 4 nitrogen and oxygen atoms in total. The van der Waals surface area contributed by atoms with Gasteiger partial charge in [0.15, 0.2) is 5.78 Å². The Morgan fingerprint density at radius 3 is 2.96 bits per heavy atom. The molecule has 1 aromatic carbocycles. The summed E-state index contributed by atoms with van der Waals surface area (Å²) in [7, 11) is 0. The van der Waals surface area contributed by atoms with Gasteiger partial charge in [-0.1, -0.05) is 30.1 Å². The van der Waals surface area contributed by atoms with Crippen molar-refractivity contribution in [2.75, 3.05) is 0 Å². The van der Waals surface area contributed by atoms with Crippen molar-refractivity contribution in [1.29, 1.82) is 0 Å². The molecule has 1 aliphatic rings. The highest BCUT2D eigenvalue weighted by molar-refractivity contribution is 7.18. The average molecular weight is 407 g/mol. The summed E-state index contributed by atoms with van der Waals surface area (Å²) in [5.41, 5.74) is 1.32. The van der Waals surface area contributed by atoms with Gasteiger partial charge in [-0.25, -0.2) is 4.98 Å². The second-order valence-corrected chi connectivity index (χ2v) is 8.68. The Kier molecular flexibility index (Phi) is 4.63. The van der Waals surface area contributed by atoms with E-state index in [9.17, 15) is 9.59 Å². The molecule has 26 heavy (non-hydrogen) atoms. The van der Waals surface area contributed by atoms with Gasteiger partial charge in [-0.15, -0.1) is 11.3 Å². The lowest BCUT2D eigenvalue weighted by molar-refractivity contribution is 0.0971. The van der Waals surface area contributed by atoms with E-state index in [1.807, 2.05) is 0 Å². The van der Waals surface area contributed by atoms with Crippen molar-refractivity contribution < 1.29 is 4.79 Å². The van der Waals surface area contributed by atoms with Crippen LogP contribution in [0.5, 0.6) is 0 Å². The van der Waals surface area contributed by atoms with Crippen LogP contribution in [-0.2, 0) is 19.4 Å². The molecule has 0 bridgehead atoms. The van der Waals surface area contributed by atoms with Crippen LogP contribution in [0.3, 0.4) is 0 Å². The zero-order valence-electron chi connectivity index (χ0n) is 14.1. The number of hydrogen-bond donors (Lipinski definition) is 0. The summed E-state index contributed by atoms with van der Waals surface area (Å²) in [5, 5.41) is 1.42. The SMILES string of the molecule is C[C@@H]1CCc2c(sc3ncn(CC(=O)c4ccc(Cl)cc4Cl)c(=O)c23)C1. The molecule has 0 spiro atoms. The number of nitrogens with zero attached hydrogens (tertiary/aromatic N) is 2. The predicted molar refractivity (Wildman–Crippen MR) is 106 cm³/mol. The average Bonchev–Trinajstić information content (AvgIpc) is 2.95. The first-order valence-electron chi connectivity index (χ1n) is 8.42. The van der Waals surface area contributed by atoms with Crippen LogP contribution in [0, 0.1) is 5.92 Å². The first kappa shape index (κ1) is 17.7. The third kappa shape index (κ3) is 3.08. The molecule has 2 heterocycles. The second-order valence-electron chi connectivity index (χ2n) is 6.76. The molecule has 1 atom stereocenters. The van der Waals surface area contributed by atoms with Gasteiger partial charge in [-0.05, 0) is 48.9 Å². The number of carbonyl (C=O) groups excluding carboxylic acids is 1. The van der Waals surface area contributed by atoms with Crippen LogP contribution >= 0.6 is 34.5 Å². The zero-order valence-corrected chi connectivity index (χ0v) is 16.4. The van der Waals surface area contributed by atoms with E-state index in [1.165, 1.54) is 21.8 Å². The summed E-state index contributed by atoms with van der Waals surface area (Å²) in [6.07, 6.45) is 4.42. The van der Waals surface area contributed by atoms with E-state index >= 15 is 0 Å². The monoisotopic (exact) mass is 406 g/mol. The van der Waals surface area contributed by atoms with E-state index in [2.05, 4.69) is 11.9 Å². The van der Waals surface area contributed by atoms with Crippen LogP contribution < -0.4 is 5.56 Å². The lowest BCUT2D eigenvalue weighted by atomic mass is 9.89. The summed E-state index contributed by atoms with van der Waals surface area (Å²) in [4.78, 5) is 32.0. The van der Waals surface area contributed by atoms with Crippen molar-refractivity contribution >= 4 is 50.5 Å². The van der Waals surface area contributed by atoms with Gasteiger partial charge in [0.2, 0.25) is 0 Å². The van der Waals surface area contributed by atoms with Crippen LogP contribution in [0.1, 0.15) is 34.1 Å². The maximum atomic E-state index is 13.0. The molecule has 0 aliphatic heterocycles. The molecule has 134 valence electrons. The Morgan fingerprint density at radius 2 is 2.19 bits per heavy atom. The standard InChI is InChI=1S/C19H16Cl2N2O2S/c1-10-2-4-13-16(6-10)26-18-17(13)19(25)23(9-22-18)8-15(24)12-5-3-11(20)7-14(12)21/h3,5,7,9-10H,2,4,6,8H2,1H3/t10-/m1/s1. The van der Waals surface area contributed by atoms with Gasteiger partial charge in [0.25, 0.3) is 5.56 Å². The maximum Gasteiger partial charge on any atom is 0.262 e. The molecule has 0 fully saturated rings. The van der Waals surface area contributed by atoms with Crippen LogP contribution in [-0.4, -0.2) is 15.3 Å². The largest absolute Gasteiger partial charge is 0.292 e.